The molecule has 0 aliphatic carbocycles. The maximum atomic E-state index is 5.76. The number of hydrogen-bond acceptors (Lipinski definition) is 3. The predicted molar refractivity (Wildman–Crippen MR) is 89.3 cm³/mol. The van der Waals surface area contributed by atoms with Crippen LogP contribution < -0.4 is 10.1 Å². The first-order valence-electron chi connectivity index (χ1n) is 7.17. The van der Waals surface area contributed by atoms with Crippen molar-refractivity contribution in [3.63, 3.8) is 0 Å². The van der Waals surface area contributed by atoms with Crippen molar-refractivity contribution < 1.29 is 4.74 Å². The summed E-state index contributed by atoms with van der Waals surface area (Å²) >= 11 is 3.46. The van der Waals surface area contributed by atoms with Crippen molar-refractivity contribution in [1.82, 2.24) is 10.3 Å². The Hall–Kier alpha value is -1.39. The molecule has 3 nitrogen and oxygen atoms in total. The molecular formula is C17H21BrN2O. The Bertz CT molecular complexity index is 572. The number of benzene rings is 1. The largest absolute Gasteiger partial charge is 0.473 e. The van der Waals surface area contributed by atoms with Crippen molar-refractivity contribution in [2.24, 2.45) is 5.92 Å². The molecule has 2 aromatic rings. The Morgan fingerprint density at radius 3 is 2.76 bits per heavy atom. The van der Waals surface area contributed by atoms with Crippen LogP contribution in [0.2, 0.25) is 0 Å². The van der Waals surface area contributed by atoms with Gasteiger partial charge in [0.2, 0.25) is 5.88 Å². The fourth-order valence-corrected chi connectivity index (χ4v) is 2.36. The standard InChI is InChI=1S/C17H21BrN2O/c1-13(2)10-19-11-16-7-4-8-17(20-16)21-12-14-5-3-6-15(18)9-14/h3-9,13,19H,10-12H2,1-2H3. The first-order chi connectivity index (χ1) is 10.1. The van der Waals surface area contributed by atoms with Crippen LogP contribution in [0.4, 0.5) is 0 Å². The molecule has 0 aliphatic heterocycles. The van der Waals surface area contributed by atoms with Gasteiger partial charge in [-0.2, -0.15) is 0 Å². The summed E-state index contributed by atoms with van der Waals surface area (Å²) in [4.78, 5) is 4.51. The van der Waals surface area contributed by atoms with E-state index in [1.165, 1.54) is 0 Å². The fraction of sp³-hybridized carbons (Fsp3) is 0.353. The molecule has 1 heterocycles. The van der Waals surface area contributed by atoms with Gasteiger partial charge in [-0.15, -0.1) is 0 Å². The molecule has 112 valence electrons. The molecule has 0 spiro atoms. The monoisotopic (exact) mass is 348 g/mol. The van der Waals surface area contributed by atoms with E-state index >= 15 is 0 Å². The van der Waals surface area contributed by atoms with Gasteiger partial charge in [-0.25, -0.2) is 4.98 Å². The van der Waals surface area contributed by atoms with Crippen LogP contribution in [0.15, 0.2) is 46.9 Å². The first kappa shape index (κ1) is 16.0. The highest BCUT2D eigenvalue weighted by Gasteiger charge is 2.01. The Labute approximate surface area is 134 Å². The van der Waals surface area contributed by atoms with Crippen molar-refractivity contribution in [1.29, 1.82) is 0 Å². The summed E-state index contributed by atoms with van der Waals surface area (Å²) in [6, 6.07) is 14.0. The van der Waals surface area contributed by atoms with E-state index in [2.05, 4.69) is 40.1 Å². The van der Waals surface area contributed by atoms with Gasteiger partial charge in [-0.3, -0.25) is 0 Å². The molecule has 21 heavy (non-hydrogen) atoms. The Balaban J connectivity index is 1.88. The predicted octanol–water partition coefficient (Wildman–Crippen LogP) is 4.17. The van der Waals surface area contributed by atoms with Crippen LogP contribution in [0.5, 0.6) is 5.88 Å². The van der Waals surface area contributed by atoms with E-state index in [0.29, 0.717) is 18.4 Å². The van der Waals surface area contributed by atoms with Crippen molar-refractivity contribution in [2.45, 2.75) is 27.0 Å². The minimum absolute atomic E-state index is 0.523. The maximum Gasteiger partial charge on any atom is 0.213 e. The van der Waals surface area contributed by atoms with E-state index in [-0.39, 0.29) is 0 Å². The average Bonchev–Trinajstić information content (AvgIpc) is 2.45. The fourth-order valence-electron chi connectivity index (χ4n) is 1.91. The molecule has 0 fully saturated rings. The van der Waals surface area contributed by atoms with Gasteiger partial charge in [0.25, 0.3) is 0 Å². The van der Waals surface area contributed by atoms with Crippen LogP contribution in [0.1, 0.15) is 25.1 Å². The third-order valence-corrected chi connectivity index (χ3v) is 3.41. The maximum absolute atomic E-state index is 5.76. The molecule has 0 radical (unpaired) electrons. The highest BCUT2D eigenvalue weighted by atomic mass is 79.9. The third-order valence-electron chi connectivity index (χ3n) is 2.92. The molecule has 0 saturated heterocycles. The van der Waals surface area contributed by atoms with Gasteiger partial charge in [-0.1, -0.05) is 48.0 Å². The van der Waals surface area contributed by atoms with Gasteiger partial charge < -0.3 is 10.1 Å². The Morgan fingerprint density at radius 1 is 1.19 bits per heavy atom. The lowest BCUT2D eigenvalue weighted by molar-refractivity contribution is 0.292. The molecule has 0 bridgehead atoms. The second-order valence-electron chi connectivity index (χ2n) is 5.41. The lowest BCUT2D eigenvalue weighted by Gasteiger charge is -2.09. The number of nitrogens with one attached hydrogen (secondary N) is 1. The molecule has 4 heteroatoms. The number of ether oxygens (including phenoxy) is 1. The van der Waals surface area contributed by atoms with Gasteiger partial charge in [0, 0.05) is 17.1 Å². The van der Waals surface area contributed by atoms with Crippen molar-refractivity contribution in [2.75, 3.05) is 6.54 Å². The lowest BCUT2D eigenvalue weighted by atomic mass is 10.2. The van der Waals surface area contributed by atoms with Crippen molar-refractivity contribution in [3.05, 3.63) is 58.2 Å². The number of halogens is 1. The third kappa shape index (κ3) is 5.86. The highest BCUT2D eigenvalue weighted by Crippen LogP contribution is 2.14. The average molecular weight is 349 g/mol. The highest BCUT2D eigenvalue weighted by molar-refractivity contribution is 9.10. The van der Waals surface area contributed by atoms with E-state index in [1.54, 1.807) is 0 Å². The normalized spacial score (nSPS) is 10.9. The molecular weight excluding hydrogens is 328 g/mol. The number of nitrogens with zero attached hydrogens (tertiary/aromatic N) is 1. The van der Waals surface area contributed by atoms with Gasteiger partial charge in [0.15, 0.2) is 0 Å². The van der Waals surface area contributed by atoms with Crippen LogP contribution in [0.25, 0.3) is 0 Å². The summed E-state index contributed by atoms with van der Waals surface area (Å²) in [6.45, 7) is 6.67. The van der Waals surface area contributed by atoms with E-state index in [4.69, 9.17) is 4.74 Å². The van der Waals surface area contributed by atoms with Crippen molar-refractivity contribution in [3.8, 4) is 5.88 Å². The van der Waals surface area contributed by atoms with Crippen molar-refractivity contribution >= 4 is 15.9 Å². The molecule has 0 unspecified atom stereocenters. The van der Waals surface area contributed by atoms with Crippen LogP contribution in [0, 0.1) is 5.92 Å². The number of hydrogen-bond donors (Lipinski definition) is 1. The van der Waals surface area contributed by atoms with Crippen LogP contribution >= 0.6 is 15.9 Å². The summed E-state index contributed by atoms with van der Waals surface area (Å²) in [7, 11) is 0. The Kier molecular flexibility index (Phi) is 6.21. The molecule has 1 aromatic heterocycles. The molecule has 0 amide bonds. The zero-order valence-corrected chi connectivity index (χ0v) is 14.1. The molecule has 0 saturated carbocycles. The summed E-state index contributed by atoms with van der Waals surface area (Å²) in [5.41, 5.74) is 2.12. The van der Waals surface area contributed by atoms with Gasteiger partial charge >= 0.3 is 0 Å². The minimum Gasteiger partial charge on any atom is -0.473 e. The first-order valence-corrected chi connectivity index (χ1v) is 7.96. The number of rotatable bonds is 7. The van der Waals surface area contributed by atoms with Crippen LogP contribution in [0.3, 0.4) is 0 Å². The van der Waals surface area contributed by atoms with E-state index in [0.717, 1.165) is 28.8 Å². The smallest absolute Gasteiger partial charge is 0.213 e. The summed E-state index contributed by atoms with van der Waals surface area (Å²) in [6.07, 6.45) is 0. The number of aromatic nitrogens is 1. The SMILES string of the molecule is CC(C)CNCc1cccc(OCc2cccc(Br)c2)n1. The van der Waals surface area contributed by atoms with E-state index in [9.17, 15) is 0 Å². The van der Waals surface area contributed by atoms with Gasteiger partial charge in [-0.05, 0) is 36.2 Å². The quantitative estimate of drug-likeness (QED) is 0.815. The molecule has 2 rings (SSSR count). The lowest BCUT2D eigenvalue weighted by Crippen LogP contribution is -2.19. The topological polar surface area (TPSA) is 34.1 Å². The van der Waals surface area contributed by atoms with Crippen LogP contribution in [-0.4, -0.2) is 11.5 Å². The summed E-state index contributed by atoms with van der Waals surface area (Å²) < 4.78 is 6.81. The molecule has 0 atom stereocenters. The van der Waals surface area contributed by atoms with Gasteiger partial charge in [0.05, 0.1) is 5.69 Å². The summed E-state index contributed by atoms with van der Waals surface area (Å²) in [5, 5.41) is 3.39. The zero-order chi connectivity index (χ0) is 15.1. The molecule has 0 aliphatic rings. The van der Waals surface area contributed by atoms with E-state index < -0.39 is 0 Å². The minimum atomic E-state index is 0.523. The van der Waals surface area contributed by atoms with E-state index in [1.807, 2.05) is 42.5 Å². The molecule has 1 aromatic carbocycles. The van der Waals surface area contributed by atoms with Crippen LogP contribution in [-0.2, 0) is 13.2 Å². The second kappa shape index (κ2) is 8.15. The summed E-state index contributed by atoms with van der Waals surface area (Å²) in [5.74, 6) is 1.31. The second-order valence-corrected chi connectivity index (χ2v) is 6.33. The molecule has 1 N–H and O–H groups in total. The number of pyridine rings is 1. The Morgan fingerprint density at radius 2 is 2.00 bits per heavy atom. The van der Waals surface area contributed by atoms with Gasteiger partial charge in [0.1, 0.15) is 6.61 Å². The zero-order valence-electron chi connectivity index (χ0n) is 12.5.